The molecule has 4 N–H and O–H groups in total. The molecule has 0 saturated heterocycles. The second kappa shape index (κ2) is 9.40. The standard InChI is InChI=1S/C22H31N3O2/c1-5-9-17-21(18(26)10-6-2)20(16(13-23)22(24)25-17)15-11-7-8-12-19(15)27-14(3)4/h7-8,11-14,20H,5-6,9-10,23H2,1-4H3,(H2,24,25)/b16-13-. The van der Waals surface area contributed by atoms with Crippen LogP contribution in [0, 0.1) is 0 Å². The van der Waals surface area contributed by atoms with E-state index in [1.807, 2.05) is 45.0 Å². The van der Waals surface area contributed by atoms with Gasteiger partial charge in [0.25, 0.3) is 0 Å². The first kappa shape index (κ1) is 20.7. The molecule has 0 bridgehead atoms. The van der Waals surface area contributed by atoms with Gasteiger partial charge in [0.2, 0.25) is 0 Å². The number of ketones is 1. The first-order valence-electron chi connectivity index (χ1n) is 9.72. The van der Waals surface area contributed by atoms with Gasteiger partial charge in [-0.15, -0.1) is 0 Å². The zero-order valence-electron chi connectivity index (χ0n) is 16.8. The smallest absolute Gasteiger partial charge is 0.161 e. The summed E-state index contributed by atoms with van der Waals surface area (Å²) >= 11 is 0. The maximum Gasteiger partial charge on any atom is 0.161 e. The highest BCUT2D eigenvalue weighted by Crippen LogP contribution is 2.43. The quantitative estimate of drug-likeness (QED) is 0.718. The topological polar surface area (TPSA) is 90.7 Å². The Labute approximate surface area is 162 Å². The van der Waals surface area contributed by atoms with Crippen LogP contribution in [-0.2, 0) is 4.79 Å². The average molecular weight is 370 g/mol. The van der Waals surface area contributed by atoms with Crippen molar-refractivity contribution in [2.45, 2.75) is 65.4 Å². The Hall–Kier alpha value is -2.56. The van der Waals surface area contributed by atoms with Crippen molar-refractivity contribution in [1.82, 2.24) is 0 Å². The van der Waals surface area contributed by atoms with E-state index < -0.39 is 0 Å². The van der Waals surface area contributed by atoms with E-state index >= 15 is 0 Å². The van der Waals surface area contributed by atoms with Gasteiger partial charge in [0.05, 0.1) is 11.8 Å². The Bertz CT molecular complexity index is 776. The van der Waals surface area contributed by atoms with Crippen molar-refractivity contribution in [3.05, 3.63) is 52.9 Å². The van der Waals surface area contributed by atoms with Crippen molar-refractivity contribution in [2.24, 2.45) is 16.5 Å². The summed E-state index contributed by atoms with van der Waals surface area (Å²) < 4.78 is 6.03. The summed E-state index contributed by atoms with van der Waals surface area (Å²) in [6.45, 7) is 8.03. The van der Waals surface area contributed by atoms with Crippen molar-refractivity contribution in [3.8, 4) is 5.75 Å². The van der Waals surface area contributed by atoms with Crippen LogP contribution in [0.2, 0.25) is 0 Å². The third-order valence-electron chi connectivity index (χ3n) is 4.50. The normalized spacial score (nSPS) is 18.8. The fourth-order valence-corrected chi connectivity index (χ4v) is 3.44. The highest BCUT2D eigenvalue weighted by molar-refractivity contribution is 6.07. The van der Waals surface area contributed by atoms with Crippen LogP contribution in [-0.4, -0.2) is 17.7 Å². The monoisotopic (exact) mass is 369 g/mol. The van der Waals surface area contributed by atoms with E-state index in [2.05, 4.69) is 11.9 Å². The van der Waals surface area contributed by atoms with E-state index in [4.69, 9.17) is 16.2 Å². The first-order valence-corrected chi connectivity index (χ1v) is 9.72. The minimum absolute atomic E-state index is 0.0138. The number of benzene rings is 1. The molecule has 1 unspecified atom stereocenters. The average Bonchev–Trinajstić information content (AvgIpc) is 2.61. The lowest BCUT2D eigenvalue weighted by Gasteiger charge is -2.30. The van der Waals surface area contributed by atoms with Crippen LogP contribution in [0.25, 0.3) is 0 Å². The van der Waals surface area contributed by atoms with E-state index in [9.17, 15) is 4.79 Å². The number of rotatable bonds is 8. The van der Waals surface area contributed by atoms with E-state index in [1.54, 1.807) is 0 Å². The van der Waals surface area contributed by atoms with Gasteiger partial charge in [-0.05, 0) is 32.8 Å². The van der Waals surface area contributed by atoms with Crippen LogP contribution in [0.1, 0.15) is 64.9 Å². The molecule has 0 aliphatic carbocycles. The zero-order chi connectivity index (χ0) is 20.0. The number of allylic oxidation sites excluding steroid dienone is 2. The highest BCUT2D eigenvalue weighted by Gasteiger charge is 2.35. The molecular formula is C22H31N3O2. The van der Waals surface area contributed by atoms with Crippen LogP contribution in [0.3, 0.4) is 0 Å². The van der Waals surface area contributed by atoms with E-state index in [-0.39, 0.29) is 17.8 Å². The number of ether oxygens (including phenoxy) is 1. The number of carbonyl (C=O) groups excluding carboxylic acids is 1. The van der Waals surface area contributed by atoms with Gasteiger partial charge < -0.3 is 16.2 Å². The maximum absolute atomic E-state index is 13.1. The van der Waals surface area contributed by atoms with Gasteiger partial charge in [-0.2, -0.15) is 0 Å². The van der Waals surface area contributed by atoms with E-state index in [0.29, 0.717) is 29.8 Å². The molecule has 1 aliphatic rings. The fourth-order valence-electron chi connectivity index (χ4n) is 3.44. The van der Waals surface area contributed by atoms with Gasteiger partial charge in [0.1, 0.15) is 11.6 Å². The van der Waals surface area contributed by atoms with E-state index in [1.165, 1.54) is 6.20 Å². The SMILES string of the molecule is CCCC(=O)C1=C(CCC)N=C(N)/C(=C\N)C1c1ccccc1OC(C)C. The van der Waals surface area contributed by atoms with Crippen molar-refractivity contribution in [3.63, 3.8) is 0 Å². The number of nitrogens with zero attached hydrogens (tertiary/aromatic N) is 1. The van der Waals surface area contributed by atoms with Gasteiger partial charge >= 0.3 is 0 Å². The largest absolute Gasteiger partial charge is 0.491 e. The Morgan fingerprint density at radius 2 is 1.96 bits per heavy atom. The third kappa shape index (κ3) is 4.59. The maximum atomic E-state index is 13.1. The molecule has 5 heteroatoms. The molecule has 1 atom stereocenters. The molecule has 0 fully saturated rings. The van der Waals surface area contributed by atoms with Crippen molar-refractivity contribution < 1.29 is 9.53 Å². The van der Waals surface area contributed by atoms with Gasteiger partial charge in [-0.25, -0.2) is 4.99 Å². The minimum Gasteiger partial charge on any atom is -0.491 e. The summed E-state index contributed by atoms with van der Waals surface area (Å²) in [4.78, 5) is 17.6. The van der Waals surface area contributed by atoms with Crippen LogP contribution in [0.5, 0.6) is 5.75 Å². The number of carbonyl (C=O) groups is 1. The minimum atomic E-state index is -0.358. The Morgan fingerprint density at radius 1 is 1.26 bits per heavy atom. The zero-order valence-corrected chi connectivity index (χ0v) is 16.8. The lowest BCUT2D eigenvalue weighted by molar-refractivity contribution is -0.115. The predicted molar refractivity (Wildman–Crippen MR) is 111 cm³/mol. The molecule has 5 nitrogen and oxygen atoms in total. The molecule has 0 amide bonds. The summed E-state index contributed by atoms with van der Waals surface area (Å²) in [7, 11) is 0. The summed E-state index contributed by atoms with van der Waals surface area (Å²) in [5.41, 5.74) is 15.2. The van der Waals surface area contributed by atoms with Crippen LogP contribution in [0.4, 0.5) is 0 Å². The molecule has 1 aromatic rings. The summed E-state index contributed by atoms with van der Waals surface area (Å²) in [6, 6.07) is 7.78. The van der Waals surface area contributed by atoms with Crippen LogP contribution >= 0.6 is 0 Å². The molecule has 27 heavy (non-hydrogen) atoms. The van der Waals surface area contributed by atoms with Crippen molar-refractivity contribution in [1.29, 1.82) is 0 Å². The number of aliphatic imine (C=N–C) groups is 1. The molecule has 0 radical (unpaired) electrons. The predicted octanol–water partition coefficient (Wildman–Crippen LogP) is 4.19. The number of amidine groups is 1. The van der Waals surface area contributed by atoms with Gasteiger partial charge in [-0.3, -0.25) is 4.79 Å². The summed E-state index contributed by atoms with van der Waals surface area (Å²) in [6.07, 6.45) is 4.32. The van der Waals surface area contributed by atoms with Crippen LogP contribution < -0.4 is 16.2 Å². The fraction of sp³-hybridized carbons (Fsp3) is 0.455. The molecule has 1 heterocycles. The Kier molecular flexibility index (Phi) is 7.22. The number of nitrogens with two attached hydrogens (primary N) is 2. The molecule has 146 valence electrons. The Morgan fingerprint density at radius 3 is 2.56 bits per heavy atom. The molecule has 0 saturated carbocycles. The molecule has 2 rings (SSSR count). The lowest BCUT2D eigenvalue weighted by atomic mass is 9.78. The van der Waals surface area contributed by atoms with Crippen LogP contribution in [0.15, 0.2) is 52.3 Å². The highest BCUT2D eigenvalue weighted by atomic mass is 16.5. The first-order chi connectivity index (χ1) is 12.9. The van der Waals surface area contributed by atoms with Crippen molar-refractivity contribution in [2.75, 3.05) is 0 Å². The van der Waals surface area contributed by atoms with Crippen molar-refractivity contribution >= 4 is 11.6 Å². The summed E-state index contributed by atoms with van der Waals surface area (Å²) in [5.74, 6) is 0.853. The number of para-hydroxylation sites is 1. The second-order valence-corrected chi connectivity index (χ2v) is 7.04. The molecule has 1 aliphatic heterocycles. The molecular weight excluding hydrogens is 338 g/mol. The second-order valence-electron chi connectivity index (χ2n) is 7.04. The number of hydrogen-bond acceptors (Lipinski definition) is 5. The molecule has 0 spiro atoms. The van der Waals surface area contributed by atoms with Gasteiger partial charge in [-0.1, -0.05) is 38.5 Å². The lowest BCUT2D eigenvalue weighted by Crippen LogP contribution is -2.30. The Balaban J connectivity index is 2.72. The number of Topliss-reactive ketones (excluding diaryl/α,β-unsaturated/α-hetero) is 1. The molecule has 0 aromatic heterocycles. The van der Waals surface area contributed by atoms with Gasteiger partial charge in [0.15, 0.2) is 5.78 Å². The molecule has 1 aromatic carbocycles. The van der Waals surface area contributed by atoms with E-state index in [0.717, 1.165) is 29.9 Å². The third-order valence-corrected chi connectivity index (χ3v) is 4.50. The summed E-state index contributed by atoms with van der Waals surface area (Å²) in [5, 5.41) is 0. The van der Waals surface area contributed by atoms with Gasteiger partial charge in [0, 0.05) is 35.2 Å². The number of hydrogen-bond donors (Lipinski definition) is 2.